The van der Waals surface area contributed by atoms with Gasteiger partial charge in [0.1, 0.15) is 5.75 Å². The second-order valence-electron chi connectivity index (χ2n) is 4.49. The standard InChI is InChI=1S/C16H14Cl2N2O3/c1-2-23-16(22)10-3-5-13(6-4-10)20-19-9-11-7-12(17)8-14(18)15(11)21/h3-9,20-21H,2H2,1H3/b19-9-. The van der Waals surface area contributed by atoms with Gasteiger partial charge in [0, 0.05) is 10.6 Å². The molecule has 2 rings (SSSR count). The number of esters is 1. The molecule has 0 aliphatic heterocycles. The van der Waals surface area contributed by atoms with E-state index in [9.17, 15) is 9.90 Å². The normalized spacial score (nSPS) is 10.7. The minimum absolute atomic E-state index is 0.0979. The molecule has 0 heterocycles. The maximum Gasteiger partial charge on any atom is 0.338 e. The molecule has 0 radical (unpaired) electrons. The summed E-state index contributed by atoms with van der Waals surface area (Å²) in [4.78, 5) is 11.5. The van der Waals surface area contributed by atoms with Crippen molar-refractivity contribution in [3.63, 3.8) is 0 Å². The van der Waals surface area contributed by atoms with Gasteiger partial charge in [-0.2, -0.15) is 5.10 Å². The van der Waals surface area contributed by atoms with E-state index in [1.54, 1.807) is 31.2 Å². The fourth-order valence-electron chi connectivity index (χ4n) is 1.76. The van der Waals surface area contributed by atoms with E-state index in [-0.39, 0.29) is 16.7 Å². The topological polar surface area (TPSA) is 70.9 Å². The van der Waals surface area contributed by atoms with Gasteiger partial charge in [0.2, 0.25) is 0 Å². The number of aromatic hydroxyl groups is 1. The van der Waals surface area contributed by atoms with E-state index < -0.39 is 0 Å². The molecule has 5 nitrogen and oxygen atoms in total. The number of phenols is 1. The fraction of sp³-hybridized carbons (Fsp3) is 0.125. The third-order valence-electron chi connectivity index (χ3n) is 2.85. The van der Waals surface area contributed by atoms with Crippen molar-refractivity contribution < 1.29 is 14.6 Å². The van der Waals surface area contributed by atoms with Crippen LogP contribution < -0.4 is 5.43 Å². The number of benzene rings is 2. The summed E-state index contributed by atoms with van der Waals surface area (Å²) in [6.07, 6.45) is 1.40. The summed E-state index contributed by atoms with van der Waals surface area (Å²) in [7, 11) is 0. The van der Waals surface area contributed by atoms with Gasteiger partial charge in [-0.3, -0.25) is 5.43 Å². The summed E-state index contributed by atoms with van der Waals surface area (Å²) in [5, 5.41) is 14.4. The summed E-state index contributed by atoms with van der Waals surface area (Å²) >= 11 is 11.7. The van der Waals surface area contributed by atoms with Crippen LogP contribution in [0, 0.1) is 0 Å². The van der Waals surface area contributed by atoms with Crippen LogP contribution in [0.3, 0.4) is 0 Å². The van der Waals surface area contributed by atoms with Crippen molar-refractivity contribution in [1.29, 1.82) is 0 Å². The Kier molecular flexibility index (Phi) is 5.84. The van der Waals surface area contributed by atoms with Crippen molar-refractivity contribution >= 4 is 41.1 Å². The molecule has 0 saturated heterocycles. The molecule has 2 aromatic rings. The lowest BCUT2D eigenvalue weighted by Gasteiger charge is -2.04. The van der Waals surface area contributed by atoms with Crippen LogP contribution in [0.15, 0.2) is 41.5 Å². The molecule has 0 unspecified atom stereocenters. The third-order valence-corrected chi connectivity index (χ3v) is 3.36. The Morgan fingerprint density at radius 2 is 2.00 bits per heavy atom. The van der Waals surface area contributed by atoms with Crippen molar-refractivity contribution in [3.8, 4) is 5.75 Å². The van der Waals surface area contributed by atoms with Crippen molar-refractivity contribution in [2.75, 3.05) is 12.0 Å². The maximum atomic E-state index is 11.5. The molecule has 0 saturated carbocycles. The highest BCUT2D eigenvalue weighted by Crippen LogP contribution is 2.30. The Bertz CT molecular complexity index is 731. The Balaban J connectivity index is 2.05. The average Bonchev–Trinajstić information content (AvgIpc) is 2.53. The first-order valence-corrected chi connectivity index (χ1v) is 7.51. The number of carbonyl (C=O) groups excluding carboxylic acids is 1. The van der Waals surface area contributed by atoms with Gasteiger partial charge < -0.3 is 9.84 Å². The van der Waals surface area contributed by atoms with Crippen molar-refractivity contribution in [2.45, 2.75) is 6.92 Å². The summed E-state index contributed by atoms with van der Waals surface area (Å²) in [6.45, 7) is 2.08. The van der Waals surface area contributed by atoms with E-state index in [0.29, 0.717) is 28.4 Å². The molecule has 0 aliphatic carbocycles. The van der Waals surface area contributed by atoms with Crippen LogP contribution >= 0.6 is 23.2 Å². The molecule has 0 spiro atoms. The lowest BCUT2D eigenvalue weighted by Crippen LogP contribution is -2.04. The molecule has 0 aliphatic rings. The number of hydrogen-bond donors (Lipinski definition) is 2. The number of halogens is 2. The monoisotopic (exact) mass is 352 g/mol. The number of nitrogens with zero attached hydrogens (tertiary/aromatic N) is 1. The minimum atomic E-state index is -0.374. The van der Waals surface area contributed by atoms with Crippen molar-refractivity contribution in [2.24, 2.45) is 5.10 Å². The lowest BCUT2D eigenvalue weighted by atomic mass is 10.2. The predicted octanol–water partition coefficient (Wildman–Crippen LogP) is 4.32. The molecule has 120 valence electrons. The molecular formula is C16H14Cl2N2O3. The Hall–Kier alpha value is -2.24. The Labute approximate surface area is 143 Å². The Morgan fingerprint density at radius 1 is 1.30 bits per heavy atom. The molecule has 7 heteroatoms. The highest BCUT2D eigenvalue weighted by atomic mass is 35.5. The van der Waals surface area contributed by atoms with Gasteiger partial charge in [-0.25, -0.2) is 4.79 Å². The van der Waals surface area contributed by atoms with Crippen LogP contribution in [0.25, 0.3) is 0 Å². The predicted molar refractivity (Wildman–Crippen MR) is 91.7 cm³/mol. The van der Waals surface area contributed by atoms with Crippen LogP contribution in [0.5, 0.6) is 5.75 Å². The first-order valence-electron chi connectivity index (χ1n) is 6.75. The largest absolute Gasteiger partial charge is 0.506 e. The number of hydrazone groups is 1. The molecule has 0 aromatic heterocycles. The van der Waals surface area contributed by atoms with Gasteiger partial charge in [0.25, 0.3) is 0 Å². The van der Waals surface area contributed by atoms with E-state index in [1.807, 2.05) is 0 Å². The zero-order valence-corrected chi connectivity index (χ0v) is 13.7. The minimum Gasteiger partial charge on any atom is -0.506 e. The van der Waals surface area contributed by atoms with Gasteiger partial charge in [-0.05, 0) is 43.3 Å². The number of carbonyl (C=O) groups is 1. The number of ether oxygens (including phenoxy) is 1. The van der Waals surface area contributed by atoms with E-state index in [2.05, 4.69) is 10.5 Å². The summed E-state index contributed by atoms with van der Waals surface area (Å²) in [5.74, 6) is -0.472. The van der Waals surface area contributed by atoms with Crippen LogP contribution in [-0.4, -0.2) is 23.9 Å². The number of rotatable bonds is 5. The molecule has 0 amide bonds. The second-order valence-corrected chi connectivity index (χ2v) is 5.34. The average molecular weight is 353 g/mol. The molecule has 2 N–H and O–H groups in total. The van der Waals surface area contributed by atoms with Gasteiger partial charge in [0.05, 0.1) is 29.1 Å². The molecular weight excluding hydrogens is 339 g/mol. The zero-order chi connectivity index (χ0) is 16.8. The second kappa shape index (κ2) is 7.85. The smallest absolute Gasteiger partial charge is 0.338 e. The number of hydrogen-bond acceptors (Lipinski definition) is 5. The molecule has 0 fully saturated rings. The maximum absolute atomic E-state index is 11.5. The summed E-state index contributed by atoms with van der Waals surface area (Å²) in [6, 6.07) is 9.62. The third kappa shape index (κ3) is 4.61. The lowest BCUT2D eigenvalue weighted by molar-refractivity contribution is 0.0526. The van der Waals surface area contributed by atoms with Gasteiger partial charge in [-0.15, -0.1) is 0 Å². The van der Waals surface area contributed by atoms with Crippen LogP contribution in [0.4, 0.5) is 5.69 Å². The summed E-state index contributed by atoms with van der Waals surface area (Å²) < 4.78 is 4.90. The van der Waals surface area contributed by atoms with E-state index in [4.69, 9.17) is 27.9 Å². The molecule has 0 atom stereocenters. The van der Waals surface area contributed by atoms with Gasteiger partial charge >= 0.3 is 5.97 Å². The van der Waals surface area contributed by atoms with Gasteiger partial charge in [-0.1, -0.05) is 23.2 Å². The van der Waals surface area contributed by atoms with Crippen molar-refractivity contribution in [1.82, 2.24) is 0 Å². The van der Waals surface area contributed by atoms with Crippen LogP contribution in [0.2, 0.25) is 10.0 Å². The van der Waals surface area contributed by atoms with E-state index in [1.165, 1.54) is 18.3 Å². The highest BCUT2D eigenvalue weighted by molar-refractivity contribution is 6.36. The number of anilines is 1. The number of nitrogens with one attached hydrogen (secondary N) is 1. The number of phenolic OH excluding ortho intramolecular Hbond substituents is 1. The van der Waals surface area contributed by atoms with E-state index >= 15 is 0 Å². The van der Waals surface area contributed by atoms with Crippen molar-refractivity contribution in [3.05, 3.63) is 57.6 Å². The van der Waals surface area contributed by atoms with Gasteiger partial charge in [0.15, 0.2) is 0 Å². The SMILES string of the molecule is CCOC(=O)c1ccc(N/N=C\c2cc(Cl)cc(Cl)c2O)cc1. The Morgan fingerprint density at radius 3 is 2.65 bits per heavy atom. The first-order chi connectivity index (χ1) is 11.0. The quantitative estimate of drug-likeness (QED) is 0.477. The van der Waals surface area contributed by atoms with E-state index in [0.717, 1.165) is 0 Å². The highest BCUT2D eigenvalue weighted by Gasteiger charge is 2.06. The zero-order valence-electron chi connectivity index (χ0n) is 12.2. The molecule has 2 aromatic carbocycles. The fourth-order valence-corrected chi connectivity index (χ4v) is 2.27. The van der Waals surface area contributed by atoms with Crippen LogP contribution in [0.1, 0.15) is 22.8 Å². The molecule has 23 heavy (non-hydrogen) atoms. The summed E-state index contributed by atoms with van der Waals surface area (Å²) in [5.41, 5.74) is 4.29. The first kappa shape index (κ1) is 17.1. The van der Waals surface area contributed by atoms with Crippen LogP contribution in [-0.2, 0) is 4.74 Å². The molecule has 0 bridgehead atoms.